The van der Waals surface area contributed by atoms with Crippen molar-refractivity contribution >= 4 is 5.97 Å². The van der Waals surface area contributed by atoms with Crippen LogP contribution in [-0.4, -0.2) is 12.1 Å². The molecule has 82 valence electrons. The van der Waals surface area contributed by atoms with Crippen LogP contribution in [-0.2, 0) is 9.53 Å². The van der Waals surface area contributed by atoms with E-state index >= 15 is 0 Å². The Morgan fingerprint density at radius 1 is 1.47 bits per heavy atom. The average Bonchev–Trinajstić information content (AvgIpc) is 2.59. The zero-order valence-electron chi connectivity index (χ0n) is 9.45. The van der Waals surface area contributed by atoms with Crippen molar-refractivity contribution in [2.45, 2.75) is 45.6 Å². The van der Waals surface area contributed by atoms with Crippen molar-refractivity contribution in [1.82, 2.24) is 0 Å². The molecule has 0 bridgehead atoms. The molecule has 0 amide bonds. The highest BCUT2D eigenvalue weighted by Gasteiger charge is 2.27. The first-order valence-corrected chi connectivity index (χ1v) is 5.74. The second kappa shape index (κ2) is 4.21. The molecular formula is C13H18O2. The molecule has 1 unspecified atom stereocenters. The Morgan fingerprint density at radius 3 is 2.93 bits per heavy atom. The van der Waals surface area contributed by atoms with Gasteiger partial charge in [-0.3, -0.25) is 4.79 Å². The van der Waals surface area contributed by atoms with Crippen molar-refractivity contribution < 1.29 is 9.53 Å². The highest BCUT2D eigenvalue weighted by Crippen LogP contribution is 2.35. The quantitative estimate of drug-likeness (QED) is 0.649. The lowest BCUT2D eigenvalue weighted by molar-refractivity contribution is -0.152. The number of carbonyl (C=O) groups is 1. The van der Waals surface area contributed by atoms with Gasteiger partial charge >= 0.3 is 5.97 Å². The largest absolute Gasteiger partial charge is 0.461 e. The molecule has 0 heterocycles. The lowest BCUT2D eigenvalue weighted by Crippen LogP contribution is -2.19. The van der Waals surface area contributed by atoms with Crippen LogP contribution < -0.4 is 0 Å². The number of hydrogen-bond donors (Lipinski definition) is 0. The van der Waals surface area contributed by atoms with Crippen LogP contribution in [0.5, 0.6) is 0 Å². The summed E-state index contributed by atoms with van der Waals surface area (Å²) < 4.78 is 5.45. The van der Waals surface area contributed by atoms with Crippen molar-refractivity contribution in [3.05, 3.63) is 23.3 Å². The van der Waals surface area contributed by atoms with E-state index in [4.69, 9.17) is 4.74 Å². The Kier molecular flexibility index (Phi) is 2.94. The maximum atomic E-state index is 11.4. The van der Waals surface area contributed by atoms with Crippen molar-refractivity contribution in [2.75, 3.05) is 0 Å². The van der Waals surface area contributed by atoms with Gasteiger partial charge in [0.2, 0.25) is 0 Å². The third-order valence-corrected chi connectivity index (χ3v) is 3.06. The number of rotatable bonds is 2. The summed E-state index contributed by atoms with van der Waals surface area (Å²) >= 11 is 0. The van der Waals surface area contributed by atoms with E-state index in [1.54, 1.807) is 0 Å². The maximum Gasteiger partial charge on any atom is 0.308 e. The van der Waals surface area contributed by atoms with Gasteiger partial charge in [0.05, 0.1) is 5.92 Å². The average molecular weight is 206 g/mol. The highest BCUT2D eigenvalue weighted by atomic mass is 16.5. The summed E-state index contributed by atoms with van der Waals surface area (Å²) in [5.74, 6) is -0.0815. The predicted molar refractivity (Wildman–Crippen MR) is 59.4 cm³/mol. The summed E-state index contributed by atoms with van der Waals surface area (Å²) in [6.07, 6.45) is 8.69. The zero-order chi connectivity index (χ0) is 10.8. The van der Waals surface area contributed by atoms with Crippen molar-refractivity contribution in [1.29, 1.82) is 0 Å². The molecule has 2 aliphatic carbocycles. The minimum Gasteiger partial charge on any atom is -0.461 e. The molecule has 2 rings (SSSR count). The monoisotopic (exact) mass is 206 g/mol. The summed E-state index contributed by atoms with van der Waals surface area (Å²) in [6, 6.07) is 0. The molecule has 2 aliphatic rings. The molecule has 0 radical (unpaired) electrons. The maximum absolute atomic E-state index is 11.4. The summed E-state index contributed by atoms with van der Waals surface area (Å²) in [6.45, 7) is 3.76. The first-order chi connectivity index (χ1) is 7.16. The van der Waals surface area contributed by atoms with Crippen LogP contribution >= 0.6 is 0 Å². The van der Waals surface area contributed by atoms with Crippen LogP contribution in [0.3, 0.4) is 0 Å². The van der Waals surface area contributed by atoms with Gasteiger partial charge in [-0.15, -0.1) is 0 Å². The van der Waals surface area contributed by atoms with E-state index in [0.29, 0.717) is 0 Å². The molecule has 0 fully saturated rings. The van der Waals surface area contributed by atoms with Crippen molar-refractivity contribution in [3.8, 4) is 0 Å². The zero-order valence-corrected chi connectivity index (χ0v) is 9.45. The van der Waals surface area contributed by atoms with Gasteiger partial charge in [-0.1, -0.05) is 31.6 Å². The van der Waals surface area contributed by atoms with Crippen LogP contribution in [0.2, 0.25) is 0 Å². The number of allylic oxidation sites excluding steroid dienone is 2. The Morgan fingerprint density at radius 2 is 2.27 bits per heavy atom. The van der Waals surface area contributed by atoms with Gasteiger partial charge in [0.25, 0.3) is 0 Å². The first-order valence-electron chi connectivity index (χ1n) is 5.74. The Balaban J connectivity index is 1.90. The van der Waals surface area contributed by atoms with E-state index in [9.17, 15) is 4.79 Å². The van der Waals surface area contributed by atoms with Crippen LogP contribution in [0, 0.1) is 5.92 Å². The second-order valence-electron chi connectivity index (χ2n) is 4.69. The number of hydrogen-bond acceptors (Lipinski definition) is 2. The lowest BCUT2D eigenvalue weighted by Gasteiger charge is -2.13. The summed E-state index contributed by atoms with van der Waals surface area (Å²) in [7, 11) is 0. The van der Waals surface area contributed by atoms with Gasteiger partial charge in [-0.05, 0) is 18.4 Å². The minimum atomic E-state index is -0.0659. The molecule has 1 atom stereocenters. The summed E-state index contributed by atoms with van der Waals surface area (Å²) in [4.78, 5) is 11.4. The smallest absolute Gasteiger partial charge is 0.308 e. The molecule has 0 aromatic heterocycles. The van der Waals surface area contributed by atoms with E-state index in [1.165, 1.54) is 11.1 Å². The first kappa shape index (κ1) is 10.5. The standard InChI is InChI=1S/C13H18O2/c1-9(2)13(14)15-12-7-10-5-3-4-6-11(10)8-12/h3,5,9,12H,4,6-8H2,1-2H3. The van der Waals surface area contributed by atoms with Crippen molar-refractivity contribution in [3.63, 3.8) is 0 Å². The molecule has 0 spiro atoms. The minimum absolute atomic E-state index is 0.0156. The fraction of sp³-hybridized carbons (Fsp3) is 0.615. The van der Waals surface area contributed by atoms with Crippen LogP contribution in [0.25, 0.3) is 0 Å². The van der Waals surface area contributed by atoms with Gasteiger partial charge in [-0.25, -0.2) is 0 Å². The highest BCUT2D eigenvalue weighted by molar-refractivity contribution is 5.71. The van der Waals surface area contributed by atoms with Crippen LogP contribution in [0.15, 0.2) is 23.3 Å². The Bertz CT molecular complexity index is 323. The third kappa shape index (κ3) is 2.31. The number of esters is 1. The third-order valence-electron chi connectivity index (χ3n) is 3.06. The predicted octanol–water partition coefficient (Wildman–Crippen LogP) is 2.99. The van der Waals surface area contributed by atoms with E-state index < -0.39 is 0 Å². The molecule has 0 aromatic rings. The van der Waals surface area contributed by atoms with Gasteiger partial charge in [-0.2, -0.15) is 0 Å². The molecular weight excluding hydrogens is 188 g/mol. The normalized spacial score (nSPS) is 24.6. The molecule has 0 saturated heterocycles. The Hall–Kier alpha value is -1.05. The van der Waals surface area contributed by atoms with Crippen molar-refractivity contribution in [2.24, 2.45) is 5.92 Å². The number of carbonyl (C=O) groups excluding carboxylic acids is 1. The summed E-state index contributed by atoms with van der Waals surface area (Å²) in [5.41, 5.74) is 2.90. The van der Waals surface area contributed by atoms with Gasteiger partial charge < -0.3 is 4.74 Å². The van der Waals surface area contributed by atoms with E-state index in [-0.39, 0.29) is 18.0 Å². The van der Waals surface area contributed by atoms with E-state index in [1.807, 2.05) is 13.8 Å². The molecule has 2 nitrogen and oxygen atoms in total. The number of ether oxygens (including phenoxy) is 1. The SMILES string of the molecule is CC(C)C(=O)OC1CC2=C(CCC=C2)C1. The van der Waals surface area contributed by atoms with Gasteiger partial charge in [0, 0.05) is 12.8 Å². The molecule has 0 saturated carbocycles. The topological polar surface area (TPSA) is 26.3 Å². The summed E-state index contributed by atoms with van der Waals surface area (Å²) in [5, 5.41) is 0. The van der Waals surface area contributed by atoms with Crippen LogP contribution in [0.1, 0.15) is 39.5 Å². The second-order valence-corrected chi connectivity index (χ2v) is 4.69. The van der Waals surface area contributed by atoms with Crippen LogP contribution in [0.4, 0.5) is 0 Å². The lowest BCUT2D eigenvalue weighted by atomic mass is 10.0. The van der Waals surface area contributed by atoms with Gasteiger partial charge in [0.15, 0.2) is 0 Å². The molecule has 15 heavy (non-hydrogen) atoms. The molecule has 0 N–H and O–H groups in total. The fourth-order valence-electron chi connectivity index (χ4n) is 2.18. The molecule has 2 heteroatoms. The van der Waals surface area contributed by atoms with E-state index in [2.05, 4.69) is 12.2 Å². The molecule has 0 aliphatic heterocycles. The fourth-order valence-corrected chi connectivity index (χ4v) is 2.18. The Labute approximate surface area is 91.0 Å². The van der Waals surface area contributed by atoms with Gasteiger partial charge in [0.1, 0.15) is 6.10 Å². The van der Waals surface area contributed by atoms with E-state index in [0.717, 1.165) is 25.7 Å². The molecule has 0 aromatic carbocycles.